The molecule has 0 bridgehead atoms. The second-order valence-electron chi connectivity index (χ2n) is 8.26. The summed E-state index contributed by atoms with van der Waals surface area (Å²) in [5.74, 6) is 0. The highest BCUT2D eigenvalue weighted by Gasteiger charge is 2.14. The molecule has 33 heavy (non-hydrogen) atoms. The minimum Gasteiger partial charge on any atom is -0.282 e. The summed E-state index contributed by atoms with van der Waals surface area (Å²) in [6.07, 6.45) is 13.3. The lowest BCUT2D eigenvalue weighted by Gasteiger charge is -2.07. The largest absolute Gasteiger partial charge is 0.294 e. The molecule has 2 aromatic rings. The van der Waals surface area contributed by atoms with Crippen molar-refractivity contribution in [2.45, 2.75) is 94.3 Å². The highest BCUT2D eigenvalue weighted by Crippen LogP contribution is 2.18. The summed E-state index contributed by atoms with van der Waals surface area (Å²) in [5.41, 5.74) is 1.28. The van der Waals surface area contributed by atoms with Crippen LogP contribution in [-0.4, -0.2) is 25.9 Å². The fraction of sp³-hybridized carbons (Fsp3) is 0.520. The second kappa shape index (κ2) is 15.2. The average molecular weight is 499 g/mol. The topological polar surface area (TPSA) is 109 Å². The molecule has 0 fully saturated rings. The molecular formula is C25H38O6S2. The van der Waals surface area contributed by atoms with Gasteiger partial charge in [0.05, 0.1) is 9.79 Å². The van der Waals surface area contributed by atoms with Crippen molar-refractivity contribution >= 4 is 20.2 Å². The Balaban J connectivity index is 0.000000412. The third-order valence-corrected chi connectivity index (χ3v) is 7.39. The Labute approximate surface area is 199 Å². The first kappa shape index (κ1) is 29.3. The number of hydrogen-bond donors (Lipinski definition) is 2. The lowest BCUT2D eigenvalue weighted by atomic mass is 10.0. The zero-order valence-electron chi connectivity index (χ0n) is 19.7. The summed E-state index contributed by atoms with van der Waals surface area (Å²) in [6.45, 7) is 3.86. The molecule has 0 saturated carbocycles. The van der Waals surface area contributed by atoms with Crippen molar-refractivity contribution in [1.82, 2.24) is 0 Å². The van der Waals surface area contributed by atoms with Gasteiger partial charge in [-0.1, -0.05) is 101 Å². The Morgan fingerprint density at radius 1 is 0.606 bits per heavy atom. The van der Waals surface area contributed by atoms with Crippen molar-refractivity contribution < 1.29 is 25.9 Å². The molecular weight excluding hydrogens is 460 g/mol. The lowest BCUT2D eigenvalue weighted by Crippen LogP contribution is -2.03. The Hall–Kier alpha value is -1.74. The zero-order valence-corrected chi connectivity index (χ0v) is 21.4. The molecule has 0 aliphatic carbocycles. The van der Waals surface area contributed by atoms with Crippen LogP contribution in [0.2, 0.25) is 0 Å². The first-order chi connectivity index (χ1) is 15.6. The van der Waals surface area contributed by atoms with E-state index in [9.17, 15) is 21.4 Å². The summed E-state index contributed by atoms with van der Waals surface area (Å²) in [5, 5.41) is 0. The highest BCUT2D eigenvalue weighted by atomic mass is 32.2. The van der Waals surface area contributed by atoms with Gasteiger partial charge in [-0.2, -0.15) is 16.8 Å². The first-order valence-electron chi connectivity index (χ1n) is 11.7. The van der Waals surface area contributed by atoms with Crippen LogP contribution in [0.4, 0.5) is 0 Å². The molecule has 186 valence electrons. The molecule has 6 nitrogen and oxygen atoms in total. The number of benzene rings is 2. The highest BCUT2D eigenvalue weighted by molar-refractivity contribution is 7.86. The number of unbranched alkanes of at least 4 members (excludes halogenated alkanes) is 9. The normalized spacial score (nSPS) is 11.6. The van der Waals surface area contributed by atoms with Crippen molar-refractivity contribution in [3.05, 3.63) is 59.7 Å². The monoisotopic (exact) mass is 498 g/mol. The van der Waals surface area contributed by atoms with E-state index in [-0.39, 0.29) is 9.79 Å². The van der Waals surface area contributed by atoms with Crippen LogP contribution in [0.15, 0.2) is 58.3 Å². The van der Waals surface area contributed by atoms with Crippen LogP contribution in [0.1, 0.15) is 82.3 Å². The van der Waals surface area contributed by atoms with Crippen LogP contribution < -0.4 is 0 Å². The Bertz CT molecular complexity index is 1030. The van der Waals surface area contributed by atoms with Gasteiger partial charge in [0.2, 0.25) is 0 Å². The van der Waals surface area contributed by atoms with Crippen molar-refractivity contribution in [1.29, 1.82) is 0 Å². The lowest BCUT2D eigenvalue weighted by molar-refractivity contribution is 0.479. The molecule has 0 aromatic heterocycles. The predicted octanol–water partition coefficient (Wildman–Crippen LogP) is 6.64. The molecule has 2 N–H and O–H groups in total. The maximum absolute atomic E-state index is 11.3. The molecule has 0 aliphatic rings. The third-order valence-electron chi connectivity index (χ3n) is 5.42. The maximum atomic E-state index is 11.3. The first-order valence-corrected chi connectivity index (χ1v) is 14.5. The molecule has 0 amide bonds. The second-order valence-corrected chi connectivity index (χ2v) is 11.0. The van der Waals surface area contributed by atoms with Gasteiger partial charge < -0.3 is 0 Å². The Morgan fingerprint density at radius 2 is 1.03 bits per heavy atom. The predicted molar refractivity (Wildman–Crippen MR) is 133 cm³/mol. The van der Waals surface area contributed by atoms with Gasteiger partial charge >= 0.3 is 0 Å². The van der Waals surface area contributed by atoms with Crippen molar-refractivity contribution in [2.24, 2.45) is 0 Å². The minimum absolute atomic E-state index is 0.0278. The fourth-order valence-electron chi connectivity index (χ4n) is 3.61. The summed E-state index contributed by atoms with van der Waals surface area (Å²) >= 11 is 0. The van der Waals surface area contributed by atoms with Crippen LogP contribution in [-0.2, 0) is 26.7 Å². The number of rotatable bonds is 13. The molecule has 2 aromatic carbocycles. The van der Waals surface area contributed by atoms with Gasteiger partial charge in [-0.25, -0.2) is 0 Å². The van der Waals surface area contributed by atoms with Gasteiger partial charge in [-0.3, -0.25) is 9.11 Å². The van der Waals surface area contributed by atoms with Gasteiger partial charge in [0.25, 0.3) is 20.2 Å². The van der Waals surface area contributed by atoms with E-state index in [1.807, 2.05) is 6.07 Å². The van der Waals surface area contributed by atoms with Crippen LogP contribution in [0.3, 0.4) is 0 Å². The molecule has 0 unspecified atom stereocenters. The molecule has 0 saturated heterocycles. The van der Waals surface area contributed by atoms with E-state index in [2.05, 4.69) is 6.92 Å². The maximum Gasteiger partial charge on any atom is 0.294 e. The van der Waals surface area contributed by atoms with Crippen LogP contribution >= 0.6 is 0 Å². The van der Waals surface area contributed by atoms with Crippen LogP contribution in [0.25, 0.3) is 0 Å². The van der Waals surface area contributed by atoms with Gasteiger partial charge in [-0.15, -0.1) is 0 Å². The molecule has 8 heteroatoms. The third kappa shape index (κ3) is 12.3. The van der Waals surface area contributed by atoms with Gasteiger partial charge in [0, 0.05) is 0 Å². The average Bonchev–Trinajstić information content (AvgIpc) is 2.74. The van der Waals surface area contributed by atoms with E-state index < -0.39 is 20.2 Å². The van der Waals surface area contributed by atoms with E-state index >= 15 is 0 Å². The van der Waals surface area contributed by atoms with Crippen LogP contribution in [0.5, 0.6) is 0 Å². The molecule has 0 heterocycles. The number of aryl methyl sites for hydroxylation is 2. The van der Waals surface area contributed by atoms with Gasteiger partial charge in [0.1, 0.15) is 0 Å². The molecule has 0 radical (unpaired) electrons. The quantitative estimate of drug-likeness (QED) is 0.237. The van der Waals surface area contributed by atoms with Gasteiger partial charge in [0.15, 0.2) is 0 Å². The molecule has 2 rings (SSSR count). The van der Waals surface area contributed by atoms with Crippen LogP contribution in [0, 0.1) is 6.92 Å². The van der Waals surface area contributed by atoms with Crippen molar-refractivity contribution in [2.75, 3.05) is 0 Å². The summed E-state index contributed by atoms with van der Waals surface area (Å²) in [7, 11) is -8.13. The van der Waals surface area contributed by atoms with Crippen molar-refractivity contribution in [3.63, 3.8) is 0 Å². The summed E-state index contributed by atoms with van der Waals surface area (Å²) in [4.78, 5) is 0.0333. The molecule has 0 atom stereocenters. The fourth-order valence-corrected chi connectivity index (χ4v) is 5.09. The summed E-state index contributed by atoms with van der Waals surface area (Å²) < 4.78 is 61.6. The van der Waals surface area contributed by atoms with E-state index in [1.54, 1.807) is 37.3 Å². The Morgan fingerprint density at radius 3 is 1.48 bits per heavy atom. The number of hydrogen-bond acceptors (Lipinski definition) is 4. The van der Waals surface area contributed by atoms with E-state index in [1.165, 1.54) is 63.5 Å². The van der Waals surface area contributed by atoms with E-state index in [4.69, 9.17) is 4.55 Å². The molecule has 0 aliphatic heterocycles. The van der Waals surface area contributed by atoms with Gasteiger partial charge in [-0.05, 0) is 43.0 Å². The standard InChI is InChI=1S/C18H30O3S.C7H8O3S/c1-2-3-4-5-6-7-8-9-10-11-14-17-15-12-13-16-18(17)22(19,20)21;1-6-4-2-3-5-7(6)11(8,9)10/h12-13,15-16H,2-11,14H2,1H3,(H,19,20,21);2-5H,1H3,(H,8,9,10). The Kier molecular flexibility index (Phi) is 13.5. The summed E-state index contributed by atoms with van der Waals surface area (Å²) in [6, 6.07) is 13.0. The molecule has 0 spiro atoms. The van der Waals surface area contributed by atoms with Crippen molar-refractivity contribution in [3.8, 4) is 0 Å². The smallest absolute Gasteiger partial charge is 0.282 e. The zero-order chi connectivity index (χ0) is 24.7. The van der Waals surface area contributed by atoms with E-state index in [0.717, 1.165) is 18.4 Å². The SMILES string of the molecule is CCCCCCCCCCCCc1ccccc1S(=O)(=O)O.Cc1ccccc1S(=O)(=O)O. The minimum atomic E-state index is -4.10. The van der Waals surface area contributed by atoms with E-state index in [0.29, 0.717) is 12.0 Å².